The number of anilines is 1. The van der Waals surface area contributed by atoms with Crippen LogP contribution in [-0.4, -0.2) is 64.0 Å². The van der Waals surface area contributed by atoms with Crippen LogP contribution in [0, 0.1) is 29.5 Å². The minimum absolute atomic E-state index is 0.121. The molecule has 0 radical (unpaired) electrons. The molecule has 0 fully saturated rings. The van der Waals surface area contributed by atoms with Crippen molar-refractivity contribution < 1.29 is 39.5 Å². The zero-order valence-corrected chi connectivity index (χ0v) is 22.3. The fourth-order valence-corrected chi connectivity index (χ4v) is 5.12. The molecule has 0 unspecified atom stereocenters. The molecule has 1 aliphatic heterocycles. The Morgan fingerprint density at radius 2 is 1.76 bits per heavy atom. The summed E-state index contributed by atoms with van der Waals surface area (Å²) in [6.07, 6.45) is 2.04. The molecule has 0 aromatic heterocycles. The van der Waals surface area contributed by atoms with Crippen molar-refractivity contribution in [1.82, 2.24) is 0 Å². The minimum atomic E-state index is -1.36. The molecule has 0 aliphatic carbocycles. The van der Waals surface area contributed by atoms with Crippen LogP contribution in [0.1, 0.15) is 58.6 Å². The first kappa shape index (κ1) is 30.9. The summed E-state index contributed by atoms with van der Waals surface area (Å²) in [4.78, 5) is 12.7. The number of aromatic hydroxyl groups is 1. The van der Waals surface area contributed by atoms with Gasteiger partial charge in [-0.15, -0.1) is 0 Å². The lowest BCUT2D eigenvalue weighted by Gasteiger charge is -2.31. The largest absolute Gasteiger partial charge is 0.505 e. The average molecular weight is 524 g/mol. The second-order valence-corrected chi connectivity index (χ2v) is 10.3. The highest BCUT2D eigenvalue weighted by Gasteiger charge is 2.31. The second kappa shape index (κ2) is 14.0. The van der Waals surface area contributed by atoms with Crippen LogP contribution in [0.25, 0.3) is 0 Å². The SMILES string of the molecule is CO[C@H]1/C(C)=C/[C@H](C)[C@@H](O)[C@@H](CO)C[C@H](C)[C@@H](O)c2cc(cc(O)c2F)NC(=O)/C(C)=C/CC[C@@H]1CO. The maximum atomic E-state index is 14.8. The number of phenols is 1. The van der Waals surface area contributed by atoms with Crippen molar-refractivity contribution >= 4 is 11.6 Å². The molecule has 2 bridgehead atoms. The number of fused-ring (bicyclic) bond motifs is 2. The molecule has 6 N–H and O–H groups in total. The Labute approximate surface area is 218 Å². The van der Waals surface area contributed by atoms with Crippen molar-refractivity contribution in [2.75, 3.05) is 25.6 Å². The number of aliphatic hydroxyl groups excluding tert-OH is 4. The lowest BCUT2D eigenvalue weighted by molar-refractivity contribution is -0.112. The molecule has 2 rings (SSSR count). The number of aliphatic hydroxyl groups is 4. The van der Waals surface area contributed by atoms with Gasteiger partial charge in [0.05, 0.1) is 18.3 Å². The number of carbonyl (C=O) groups excluding carboxylic acids is 1. The van der Waals surface area contributed by atoms with E-state index in [-0.39, 0.29) is 42.7 Å². The molecule has 0 spiro atoms. The van der Waals surface area contributed by atoms with Crippen LogP contribution in [0.4, 0.5) is 10.1 Å². The summed E-state index contributed by atoms with van der Waals surface area (Å²) >= 11 is 0. The molecule has 1 aromatic rings. The molecule has 0 saturated heterocycles. The van der Waals surface area contributed by atoms with Gasteiger partial charge < -0.3 is 35.6 Å². The number of amides is 1. The number of allylic oxidation sites excluding steroid dienone is 1. The Morgan fingerprint density at radius 1 is 1.11 bits per heavy atom. The highest BCUT2D eigenvalue weighted by atomic mass is 19.1. The Balaban J connectivity index is 2.53. The summed E-state index contributed by atoms with van der Waals surface area (Å²) < 4.78 is 20.5. The standard InChI is InChI=1S/C28H42FNO7/c1-15-7-6-8-19(13-31)27(37-5)18(4)9-16(2)25(34)20(14-32)10-17(3)26(35)22-11-21(30-28(15)36)12-23(33)24(22)29/h7,9,11-12,16-17,19-20,25-27,31-35H,6,8,10,13-14H2,1-5H3,(H,30,36)/b15-7+,18-9+/t16-,17-,19+,20+,25+,26+,27-/m0/s1. The fourth-order valence-electron chi connectivity index (χ4n) is 5.12. The summed E-state index contributed by atoms with van der Waals surface area (Å²) in [6.45, 7) is 6.48. The molecule has 37 heavy (non-hydrogen) atoms. The van der Waals surface area contributed by atoms with E-state index in [9.17, 15) is 34.7 Å². The smallest absolute Gasteiger partial charge is 0.250 e. The average Bonchev–Trinajstić information content (AvgIpc) is 2.86. The summed E-state index contributed by atoms with van der Waals surface area (Å²) in [5.74, 6) is -4.01. The molecule has 1 heterocycles. The van der Waals surface area contributed by atoms with Gasteiger partial charge in [-0.25, -0.2) is 4.39 Å². The molecule has 7 atom stereocenters. The van der Waals surface area contributed by atoms with Crippen LogP contribution in [0.2, 0.25) is 0 Å². The van der Waals surface area contributed by atoms with Gasteiger partial charge in [0.25, 0.3) is 5.91 Å². The van der Waals surface area contributed by atoms with E-state index < -0.39 is 47.6 Å². The Kier molecular flexibility index (Phi) is 11.7. The number of nitrogens with one attached hydrogen (secondary N) is 1. The topological polar surface area (TPSA) is 139 Å². The number of halogens is 1. The van der Waals surface area contributed by atoms with E-state index in [4.69, 9.17) is 4.74 Å². The normalized spacial score (nSPS) is 33.7. The van der Waals surface area contributed by atoms with E-state index >= 15 is 0 Å². The monoisotopic (exact) mass is 523 g/mol. The number of hydrogen-bond donors (Lipinski definition) is 6. The first-order valence-electron chi connectivity index (χ1n) is 12.7. The van der Waals surface area contributed by atoms with Crippen LogP contribution >= 0.6 is 0 Å². The Morgan fingerprint density at radius 3 is 2.35 bits per heavy atom. The van der Waals surface area contributed by atoms with E-state index in [0.29, 0.717) is 18.4 Å². The molecule has 208 valence electrons. The highest BCUT2D eigenvalue weighted by molar-refractivity contribution is 6.03. The molecular formula is C28H42FNO7. The Bertz CT molecular complexity index is 980. The molecular weight excluding hydrogens is 481 g/mol. The van der Waals surface area contributed by atoms with Gasteiger partial charge in [0.1, 0.15) is 0 Å². The van der Waals surface area contributed by atoms with E-state index in [1.54, 1.807) is 27.0 Å². The fraction of sp³-hybridized carbons (Fsp3) is 0.607. The quantitative estimate of drug-likeness (QED) is 0.334. The summed E-state index contributed by atoms with van der Waals surface area (Å²) in [5.41, 5.74) is 1.15. The van der Waals surface area contributed by atoms with E-state index in [1.165, 1.54) is 6.07 Å². The number of ether oxygens (including phenoxy) is 1. The Hall–Kier alpha value is -2.30. The zero-order chi connectivity index (χ0) is 27.9. The molecule has 1 amide bonds. The molecule has 1 aliphatic rings. The van der Waals surface area contributed by atoms with E-state index in [2.05, 4.69) is 5.32 Å². The number of phenolic OH excluding ortho intramolecular Hbond substituents is 1. The van der Waals surface area contributed by atoms with Crippen molar-refractivity contribution in [2.24, 2.45) is 23.7 Å². The third-order valence-corrected chi connectivity index (χ3v) is 7.37. The van der Waals surface area contributed by atoms with Crippen LogP contribution in [0.5, 0.6) is 5.75 Å². The van der Waals surface area contributed by atoms with Crippen LogP contribution in [-0.2, 0) is 9.53 Å². The summed E-state index contributed by atoms with van der Waals surface area (Å²) in [5, 5.41) is 54.7. The molecule has 8 nitrogen and oxygen atoms in total. The van der Waals surface area contributed by atoms with Gasteiger partial charge in [-0.2, -0.15) is 0 Å². The third-order valence-electron chi connectivity index (χ3n) is 7.37. The lowest BCUT2D eigenvalue weighted by Crippen LogP contribution is -2.33. The van der Waals surface area contributed by atoms with E-state index in [1.807, 2.05) is 19.9 Å². The second-order valence-electron chi connectivity index (χ2n) is 10.3. The summed E-state index contributed by atoms with van der Waals surface area (Å²) in [6, 6.07) is 2.35. The van der Waals surface area contributed by atoms with E-state index in [0.717, 1.165) is 11.6 Å². The first-order chi connectivity index (χ1) is 17.4. The maximum absolute atomic E-state index is 14.8. The van der Waals surface area contributed by atoms with Gasteiger partial charge in [-0.05, 0) is 50.7 Å². The highest BCUT2D eigenvalue weighted by Crippen LogP contribution is 2.36. The maximum Gasteiger partial charge on any atom is 0.250 e. The number of hydrogen-bond acceptors (Lipinski definition) is 7. The minimum Gasteiger partial charge on any atom is -0.505 e. The van der Waals surface area contributed by atoms with Crippen LogP contribution in [0.15, 0.2) is 35.4 Å². The van der Waals surface area contributed by atoms with Crippen molar-refractivity contribution in [3.05, 3.63) is 46.8 Å². The van der Waals surface area contributed by atoms with Gasteiger partial charge >= 0.3 is 0 Å². The molecule has 1 aromatic carbocycles. The number of benzene rings is 1. The lowest BCUT2D eigenvalue weighted by atomic mass is 9.81. The third kappa shape index (κ3) is 7.85. The van der Waals surface area contributed by atoms with Crippen LogP contribution < -0.4 is 5.32 Å². The van der Waals surface area contributed by atoms with Gasteiger partial charge in [0.15, 0.2) is 11.6 Å². The zero-order valence-electron chi connectivity index (χ0n) is 22.3. The summed E-state index contributed by atoms with van der Waals surface area (Å²) in [7, 11) is 1.55. The van der Waals surface area contributed by atoms with Crippen molar-refractivity contribution in [1.29, 1.82) is 0 Å². The van der Waals surface area contributed by atoms with Gasteiger partial charge in [-0.1, -0.05) is 26.0 Å². The first-order valence-corrected chi connectivity index (χ1v) is 12.7. The van der Waals surface area contributed by atoms with Gasteiger partial charge in [0, 0.05) is 61.0 Å². The number of carbonyl (C=O) groups is 1. The molecule has 0 saturated carbocycles. The van der Waals surface area contributed by atoms with Crippen molar-refractivity contribution in [2.45, 2.75) is 65.3 Å². The van der Waals surface area contributed by atoms with Gasteiger partial charge in [0.2, 0.25) is 0 Å². The number of rotatable bonds is 3. The predicted octanol–water partition coefficient (Wildman–Crippen LogP) is 3.44. The number of methoxy groups -OCH3 is 1. The van der Waals surface area contributed by atoms with Crippen molar-refractivity contribution in [3.8, 4) is 5.75 Å². The predicted molar refractivity (Wildman–Crippen MR) is 139 cm³/mol. The van der Waals surface area contributed by atoms with Gasteiger partial charge in [-0.3, -0.25) is 4.79 Å². The van der Waals surface area contributed by atoms with Crippen molar-refractivity contribution in [3.63, 3.8) is 0 Å². The van der Waals surface area contributed by atoms with Crippen LogP contribution in [0.3, 0.4) is 0 Å². The molecule has 9 heteroatoms.